The van der Waals surface area contributed by atoms with Crippen molar-refractivity contribution in [3.8, 4) is 0 Å². The van der Waals surface area contributed by atoms with Crippen molar-refractivity contribution in [3.63, 3.8) is 0 Å². The van der Waals surface area contributed by atoms with Crippen LogP contribution in [0.5, 0.6) is 0 Å². The zero-order valence-corrected chi connectivity index (χ0v) is 9.59. The van der Waals surface area contributed by atoms with Gasteiger partial charge in [-0.05, 0) is 12.8 Å². The Morgan fingerprint density at radius 1 is 1.80 bits per heavy atom. The van der Waals surface area contributed by atoms with Gasteiger partial charge in [0, 0.05) is 5.33 Å². The second kappa shape index (κ2) is 5.74. The summed E-state index contributed by atoms with van der Waals surface area (Å²) in [5.74, 6) is -1.01. The van der Waals surface area contributed by atoms with Gasteiger partial charge >= 0.3 is 5.97 Å². The molecule has 1 fully saturated rings. The van der Waals surface area contributed by atoms with E-state index in [2.05, 4.69) is 26.0 Å². The van der Waals surface area contributed by atoms with E-state index in [-0.39, 0.29) is 11.6 Å². The van der Waals surface area contributed by atoms with Gasteiger partial charge in [0.1, 0.15) is 6.61 Å². The maximum Gasteiger partial charge on any atom is 0.332 e. The van der Waals surface area contributed by atoms with Crippen molar-refractivity contribution in [1.29, 1.82) is 0 Å². The highest BCUT2D eigenvalue weighted by atomic mass is 79.9. The Kier molecular flexibility index (Phi) is 4.60. The predicted octanol–water partition coefficient (Wildman–Crippen LogP) is 0.739. The number of alkyl halides is 1. The number of halogens is 1. The smallest absolute Gasteiger partial charge is 0.332 e. The van der Waals surface area contributed by atoms with E-state index >= 15 is 0 Å². The molecule has 0 spiro atoms. The van der Waals surface area contributed by atoms with E-state index in [9.17, 15) is 10.0 Å². The molecule has 0 radical (unpaired) electrons. The number of hydrazine groups is 1. The Hall–Kier alpha value is -1.05. The van der Waals surface area contributed by atoms with Gasteiger partial charge in [-0.1, -0.05) is 15.9 Å². The SMILES string of the molecule is O=C(O)C1CCCN1/[N+]([O-])=N/OCCBr. The highest BCUT2D eigenvalue weighted by molar-refractivity contribution is 9.09. The van der Waals surface area contributed by atoms with Crippen molar-refractivity contribution in [1.82, 2.24) is 5.01 Å². The molecule has 7 nitrogen and oxygen atoms in total. The maximum atomic E-state index is 11.3. The first-order valence-electron chi connectivity index (χ1n) is 4.52. The third kappa shape index (κ3) is 3.22. The fourth-order valence-corrected chi connectivity index (χ4v) is 1.52. The summed E-state index contributed by atoms with van der Waals surface area (Å²) in [5, 5.41) is 25.1. The largest absolute Gasteiger partial charge is 0.569 e. The van der Waals surface area contributed by atoms with Gasteiger partial charge in [0.05, 0.1) is 11.5 Å². The first kappa shape index (κ1) is 12.0. The van der Waals surface area contributed by atoms with E-state index in [1.54, 1.807) is 0 Å². The molecule has 1 unspecified atom stereocenters. The van der Waals surface area contributed by atoms with Crippen molar-refractivity contribution in [2.24, 2.45) is 5.28 Å². The van der Waals surface area contributed by atoms with E-state index in [1.165, 1.54) is 0 Å². The lowest BCUT2D eigenvalue weighted by Crippen LogP contribution is -2.40. The number of carboxylic acids is 1. The Morgan fingerprint density at radius 3 is 3.13 bits per heavy atom. The highest BCUT2D eigenvalue weighted by Crippen LogP contribution is 2.17. The number of aliphatic carboxylic acids is 1. The van der Waals surface area contributed by atoms with Crippen LogP contribution in [0.15, 0.2) is 5.28 Å². The van der Waals surface area contributed by atoms with Gasteiger partial charge in [-0.3, -0.25) is 0 Å². The Labute approximate surface area is 94.9 Å². The third-order valence-corrected chi connectivity index (χ3v) is 2.35. The molecule has 0 bridgehead atoms. The molecule has 1 aliphatic heterocycles. The number of nitrogens with zero attached hydrogens (tertiary/aromatic N) is 3. The first-order valence-corrected chi connectivity index (χ1v) is 5.64. The summed E-state index contributed by atoms with van der Waals surface area (Å²) in [6.07, 6.45) is 1.13. The second-order valence-electron chi connectivity index (χ2n) is 3.02. The van der Waals surface area contributed by atoms with Crippen LogP contribution in [0.4, 0.5) is 0 Å². The van der Waals surface area contributed by atoms with Crippen molar-refractivity contribution in [2.45, 2.75) is 18.9 Å². The van der Waals surface area contributed by atoms with Gasteiger partial charge < -0.3 is 15.2 Å². The fourth-order valence-electron chi connectivity index (χ4n) is 1.38. The highest BCUT2D eigenvalue weighted by Gasteiger charge is 2.36. The lowest BCUT2D eigenvalue weighted by Gasteiger charge is -2.16. The summed E-state index contributed by atoms with van der Waals surface area (Å²) in [7, 11) is 0. The van der Waals surface area contributed by atoms with Gasteiger partial charge in [-0.25, -0.2) is 4.79 Å². The minimum Gasteiger partial charge on any atom is -0.569 e. The zero-order valence-electron chi connectivity index (χ0n) is 8.00. The normalized spacial score (nSPS) is 21.8. The molecule has 1 saturated heterocycles. The van der Waals surface area contributed by atoms with Crippen LogP contribution in [0.2, 0.25) is 0 Å². The molecule has 1 rings (SSSR count). The van der Waals surface area contributed by atoms with Gasteiger partial charge in [-0.15, -0.1) is 5.01 Å². The topological polar surface area (TPSA) is 88.2 Å². The molecule has 0 aromatic rings. The molecule has 0 aromatic heterocycles. The molecular formula is C7H12BrN3O4. The summed E-state index contributed by atoms with van der Waals surface area (Å²) in [6, 6.07) is -0.793. The van der Waals surface area contributed by atoms with E-state index in [0.717, 1.165) is 5.01 Å². The van der Waals surface area contributed by atoms with Crippen molar-refractivity contribution >= 4 is 21.9 Å². The van der Waals surface area contributed by atoms with Crippen LogP contribution in [-0.4, -0.2) is 45.6 Å². The minimum absolute atomic E-state index is 0.217. The van der Waals surface area contributed by atoms with Crippen LogP contribution >= 0.6 is 15.9 Å². The fraction of sp³-hybridized carbons (Fsp3) is 0.857. The molecule has 0 saturated carbocycles. The summed E-state index contributed by atoms with van der Waals surface area (Å²) in [6.45, 7) is 0.659. The monoisotopic (exact) mass is 281 g/mol. The summed E-state index contributed by atoms with van der Waals surface area (Å²) in [5.41, 5.74) is 0. The summed E-state index contributed by atoms with van der Waals surface area (Å²) < 4.78 is 0. The molecule has 1 heterocycles. The van der Waals surface area contributed by atoms with Crippen molar-refractivity contribution < 1.29 is 19.7 Å². The van der Waals surface area contributed by atoms with E-state index in [4.69, 9.17) is 5.11 Å². The first-order chi connectivity index (χ1) is 7.16. The molecule has 0 aromatic carbocycles. The van der Waals surface area contributed by atoms with Gasteiger partial charge in [0.2, 0.25) is 5.28 Å². The Bertz CT molecular complexity index is 261. The Balaban J connectivity index is 2.53. The van der Waals surface area contributed by atoms with Crippen molar-refractivity contribution in [3.05, 3.63) is 5.21 Å². The molecule has 8 heteroatoms. The number of rotatable bonds is 5. The number of hydrogen-bond donors (Lipinski definition) is 1. The van der Waals surface area contributed by atoms with Crippen LogP contribution in [0.3, 0.4) is 0 Å². The standard InChI is InChI=1S/C7H12BrN3O4/c8-3-5-15-9-11(14)10-4-1-2-6(10)7(12)13/h6H,1-5H2,(H,12,13)/b11-9-. The van der Waals surface area contributed by atoms with Crippen LogP contribution in [-0.2, 0) is 9.63 Å². The second-order valence-corrected chi connectivity index (χ2v) is 3.81. The quantitative estimate of drug-likeness (QED) is 0.264. The molecule has 86 valence electrons. The Morgan fingerprint density at radius 2 is 2.53 bits per heavy atom. The minimum atomic E-state index is -1.01. The molecular weight excluding hydrogens is 270 g/mol. The summed E-state index contributed by atoms with van der Waals surface area (Å²) >= 11 is 3.10. The zero-order chi connectivity index (χ0) is 11.3. The average molecular weight is 282 g/mol. The lowest BCUT2D eigenvalue weighted by atomic mass is 10.2. The molecule has 1 aliphatic rings. The average Bonchev–Trinajstić information content (AvgIpc) is 2.66. The number of hydrogen-bond acceptors (Lipinski definition) is 4. The number of carboxylic acid groups (broad SMARTS) is 1. The summed E-state index contributed by atoms with van der Waals surface area (Å²) in [4.78, 5) is 15.6. The molecule has 1 N–H and O–H groups in total. The number of carbonyl (C=O) groups is 1. The van der Waals surface area contributed by atoms with Crippen LogP contribution in [0, 0.1) is 5.21 Å². The van der Waals surface area contributed by atoms with Crippen molar-refractivity contribution in [2.75, 3.05) is 18.5 Å². The predicted molar refractivity (Wildman–Crippen MR) is 53.2 cm³/mol. The van der Waals surface area contributed by atoms with Crippen LogP contribution < -0.4 is 0 Å². The van der Waals surface area contributed by atoms with Gasteiger partial charge in [0.25, 0.3) is 0 Å². The van der Waals surface area contributed by atoms with Gasteiger partial charge in [0.15, 0.2) is 6.04 Å². The van der Waals surface area contributed by atoms with Crippen LogP contribution in [0.25, 0.3) is 0 Å². The van der Waals surface area contributed by atoms with E-state index in [1.807, 2.05) is 0 Å². The molecule has 0 aliphatic carbocycles. The van der Waals surface area contributed by atoms with E-state index < -0.39 is 12.0 Å². The third-order valence-electron chi connectivity index (χ3n) is 2.03. The molecule has 0 amide bonds. The van der Waals surface area contributed by atoms with E-state index in [0.29, 0.717) is 24.7 Å². The molecule has 1 atom stereocenters. The molecule has 15 heavy (non-hydrogen) atoms. The lowest BCUT2D eigenvalue weighted by molar-refractivity contribution is -0.711. The maximum absolute atomic E-state index is 11.3. The van der Waals surface area contributed by atoms with Gasteiger partial charge in [-0.2, -0.15) is 0 Å². The van der Waals surface area contributed by atoms with Crippen LogP contribution in [0.1, 0.15) is 12.8 Å².